The molecule has 0 atom stereocenters. The van der Waals surface area contributed by atoms with Crippen LogP contribution in [0.15, 0.2) is 51.4 Å². The number of furan rings is 1. The summed E-state index contributed by atoms with van der Waals surface area (Å²) in [6.07, 6.45) is 0. The minimum atomic E-state index is -0.212. The number of rotatable bonds is 2. The number of carbonyl (C=O) groups is 1. The molecule has 0 N–H and O–H groups in total. The molecule has 100 valence electrons. The van der Waals surface area contributed by atoms with Gasteiger partial charge in [-0.15, -0.1) is 0 Å². The molecule has 1 aromatic heterocycles. The van der Waals surface area contributed by atoms with Gasteiger partial charge in [-0.2, -0.15) is 0 Å². The van der Waals surface area contributed by atoms with Gasteiger partial charge >= 0.3 is 0 Å². The van der Waals surface area contributed by atoms with E-state index < -0.39 is 0 Å². The minimum absolute atomic E-state index is 0.212. The number of benzene rings is 2. The SMILES string of the molecule is Cc1ccc2oc(C(=O)c3ccc(Br)cc3Cl)cc2c1. The molecule has 0 aliphatic heterocycles. The van der Waals surface area contributed by atoms with E-state index in [1.165, 1.54) is 0 Å². The first-order valence-corrected chi connectivity index (χ1v) is 7.21. The van der Waals surface area contributed by atoms with Crippen molar-refractivity contribution in [2.45, 2.75) is 6.92 Å². The zero-order chi connectivity index (χ0) is 14.3. The molecule has 3 rings (SSSR count). The molecule has 0 spiro atoms. The highest BCUT2D eigenvalue weighted by Gasteiger charge is 2.17. The smallest absolute Gasteiger partial charge is 0.229 e. The lowest BCUT2D eigenvalue weighted by Gasteiger charge is -2.01. The average Bonchev–Trinajstić information content (AvgIpc) is 2.81. The zero-order valence-electron chi connectivity index (χ0n) is 10.6. The van der Waals surface area contributed by atoms with Gasteiger partial charge in [-0.25, -0.2) is 0 Å². The second-order valence-electron chi connectivity index (χ2n) is 4.61. The highest BCUT2D eigenvalue weighted by Crippen LogP contribution is 2.27. The van der Waals surface area contributed by atoms with Gasteiger partial charge < -0.3 is 4.42 Å². The van der Waals surface area contributed by atoms with Gasteiger partial charge in [0.15, 0.2) is 5.76 Å². The van der Waals surface area contributed by atoms with Gasteiger partial charge in [0, 0.05) is 15.4 Å². The fourth-order valence-corrected chi connectivity index (χ4v) is 2.84. The third kappa shape index (κ3) is 2.39. The number of carbonyl (C=O) groups excluding carboxylic acids is 1. The van der Waals surface area contributed by atoms with E-state index in [-0.39, 0.29) is 5.78 Å². The highest BCUT2D eigenvalue weighted by atomic mass is 79.9. The van der Waals surface area contributed by atoms with Crippen LogP contribution in [0, 0.1) is 6.92 Å². The van der Waals surface area contributed by atoms with Gasteiger partial charge in [0.25, 0.3) is 0 Å². The number of hydrogen-bond acceptors (Lipinski definition) is 2. The molecular formula is C16H10BrClO2. The molecule has 0 bridgehead atoms. The maximum absolute atomic E-state index is 12.4. The first-order valence-electron chi connectivity index (χ1n) is 6.04. The molecule has 0 amide bonds. The van der Waals surface area contributed by atoms with Gasteiger partial charge in [0.1, 0.15) is 5.58 Å². The second-order valence-corrected chi connectivity index (χ2v) is 5.93. The molecule has 0 fully saturated rings. The molecule has 2 nitrogen and oxygen atoms in total. The van der Waals surface area contributed by atoms with Crippen molar-refractivity contribution in [2.75, 3.05) is 0 Å². The molecule has 0 saturated heterocycles. The summed E-state index contributed by atoms with van der Waals surface area (Å²) in [7, 11) is 0. The second kappa shape index (κ2) is 5.08. The van der Waals surface area contributed by atoms with Crippen LogP contribution in [0.3, 0.4) is 0 Å². The summed E-state index contributed by atoms with van der Waals surface area (Å²) in [5.41, 5.74) is 2.26. The Morgan fingerprint density at radius 2 is 1.95 bits per heavy atom. The number of halogens is 2. The maximum atomic E-state index is 12.4. The number of hydrogen-bond donors (Lipinski definition) is 0. The predicted molar refractivity (Wildman–Crippen MR) is 83.5 cm³/mol. The van der Waals surface area contributed by atoms with Crippen LogP contribution in [0.1, 0.15) is 21.7 Å². The molecule has 0 saturated carbocycles. The number of aryl methyl sites for hydroxylation is 1. The van der Waals surface area contributed by atoms with Crippen molar-refractivity contribution in [3.63, 3.8) is 0 Å². The highest BCUT2D eigenvalue weighted by molar-refractivity contribution is 9.10. The number of ketones is 1. The molecule has 3 aromatic rings. The molecule has 20 heavy (non-hydrogen) atoms. The summed E-state index contributed by atoms with van der Waals surface area (Å²) in [6.45, 7) is 2.00. The standard InChI is InChI=1S/C16H10BrClO2/c1-9-2-5-14-10(6-9)7-15(20-14)16(19)12-4-3-11(17)8-13(12)18/h2-8H,1H3. The summed E-state index contributed by atoms with van der Waals surface area (Å²) < 4.78 is 6.44. The Balaban J connectivity index is 2.08. The Morgan fingerprint density at radius 3 is 2.70 bits per heavy atom. The topological polar surface area (TPSA) is 30.2 Å². The summed E-state index contributed by atoms with van der Waals surface area (Å²) >= 11 is 9.42. The van der Waals surface area contributed by atoms with Crippen LogP contribution in [0.5, 0.6) is 0 Å². The molecule has 0 aliphatic rings. The van der Waals surface area contributed by atoms with Gasteiger partial charge in [-0.05, 0) is 43.3 Å². The van der Waals surface area contributed by atoms with Crippen molar-refractivity contribution in [1.82, 2.24) is 0 Å². The molecule has 1 heterocycles. The van der Waals surface area contributed by atoms with E-state index in [0.29, 0.717) is 21.9 Å². The third-order valence-corrected chi connectivity index (χ3v) is 3.88. The molecule has 4 heteroatoms. The molecular weight excluding hydrogens is 340 g/mol. The predicted octanol–water partition coefficient (Wildman–Crippen LogP) is 5.39. The van der Waals surface area contributed by atoms with Crippen LogP contribution in [-0.4, -0.2) is 5.78 Å². The fourth-order valence-electron chi connectivity index (χ4n) is 2.08. The van der Waals surface area contributed by atoms with Crippen LogP contribution >= 0.6 is 27.5 Å². The zero-order valence-corrected chi connectivity index (χ0v) is 13.0. The Hall–Kier alpha value is -1.58. The van der Waals surface area contributed by atoms with Crippen molar-refractivity contribution in [3.05, 3.63) is 68.8 Å². The van der Waals surface area contributed by atoms with E-state index in [2.05, 4.69) is 15.9 Å². The summed E-state index contributed by atoms with van der Waals surface area (Å²) in [5, 5.41) is 1.32. The monoisotopic (exact) mass is 348 g/mol. The molecule has 2 aromatic carbocycles. The average molecular weight is 350 g/mol. The summed E-state index contributed by atoms with van der Waals surface area (Å²) in [5.74, 6) is 0.0891. The van der Waals surface area contributed by atoms with E-state index in [9.17, 15) is 4.79 Å². The van der Waals surface area contributed by atoms with Crippen LogP contribution in [-0.2, 0) is 0 Å². The lowest BCUT2D eigenvalue weighted by atomic mass is 10.1. The van der Waals surface area contributed by atoms with E-state index in [1.807, 2.05) is 25.1 Å². The van der Waals surface area contributed by atoms with Crippen molar-refractivity contribution in [2.24, 2.45) is 0 Å². The van der Waals surface area contributed by atoms with Crippen LogP contribution in [0.25, 0.3) is 11.0 Å². The van der Waals surface area contributed by atoms with Crippen molar-refractivity contribution >= 4 is 44.3 Å². The van der Waals surface area contributed by atoms with Gasteiger partial charge in [0.2, 0.25) is 5.78 Å². The normalized spacial score (nSPS) is 10.9. The van der Waals surface area contributed by atoms with E-state index in [0.717, 1.165) is 15.4 Å². The van der Waals surface area contributed by atoms with E-state index in [4.69, 9.17) is 16.0 Å². The summed E-state index contributed by atoms with van der Waals surface area (Å²) in [4.78, 5) is 12.4. The molecule has 0 radical (unpaired) electrons. The van der Waals surface area contributed by atoms with Crippen LogP contribution < -0.4 is 0 Å². The maximum Gasteiger partial charge on any atom is 0.229 e. The minimum Gasteiger partial charge on any atom is -0.453 e. The fraction of sp³-hybridized carbons (Fsp3) is 0.0625. The van der Waals surface area contributed by atoms with E-state index in [1.54, 1.807) is 24.3 Å². The Labute approximate surface area is 129 Å². The van der Waals surface area contributed by atoms with Crippen LogP contribution in [0.2, 0.25) is 5.02 Å². The molecule has 0 unspecified atom stereocenters. The van der Waals surface area contributed by atoms with Crippen LogP contribution in [0.4, 0.5) is 0 Å². The van der Waals surface area contributed by atoms with Gasteiger partial charge in [0.05, 0.1) is 5.02 Å². The van der Waals surface area contributed by atoms with Crippen molar-refractivity contribution in [3.8, 4) is 0 Å². The first kappa shape index (κ1) is 13.4. The quantitative estimate of drug-likeness (QED) is 0.581. The molecule has 0 aliphatic carbocycles. The van der Waals surface area contributed by atoms with Gasteiger partial charge in [-0.1, -0.05) is 39.2 Å². The third-order valence-electron chi connectivity index (χ3n) is 3.07. The lowest BCUT2D eigenvalue weighted by molar-refractivity contribution is 0.101. The largest absolute Gasteiger partial charge is 0.453 e. The van der Waals surface area contributed by atoms with Crippen molar-refractivity contribution in [1.29, 1.82) is 0 Å². The summed E-state index contributed by atoms with van der Waals surface area (Å²) in [6, 6.07) is 12.7. The lowest BCUT2D eigenvalue weighted by Crippen LogP contribution is -2.00. The first-order chi connectivity index (χ1) is 9.54. The Morgan fingerprint density at radius 1 is 1.15 bits per heavy atom. The van der Waals surface area contributed by atoms with Crippen molar-refractivity contribution < 1.29 is 9.21 Å². The van der Waals surface area contributed by atoms with Gasteiger partial charge in [-0.3, -0.25) is 4.79 Å². The Kier molecular flexibility index (Phi) is 3.40. The number of fused-ring (bicyclic) bond motifs is 1. The van der Waals surface area contributed by atoms with E-state index >= 15 is 0 Å². The Bertz CT molecular complexity index is 820.